The maximum Gasteiger partial charge on any atom is 0.141 e. The van der Waals surface area contributed by atoms with Crippen LogP contribution in [0.25, 0.3) is 32.3 Å². The van der Waals surface area contributed by atoms with E-state index in [2.05, 4.69) is 81.9 Å². The summed E-state index contributed by atoms with van der Waals surface area (Å²) in [5.41, 5.74) is 23.1. The number of aryl methyl sites for hydroxylation is 1. The lowest BCUT2D eigenvalue weighted by Gasteiger charge is -2.07. The van der Waals surface area contributed by atoms with E-state index in [1.165, 1.54) is 22.7 Å². The minimum atomic E-state index is -1.12. The molecule has 0 saturated heterocycles. The number of rotatable bonds is 6. The number of imidazole rings is 1. The molecule has 0 aliphatic carbocycles. The molecule has 4 heterocycles. The number of aromatic nitrogens is 4. The quantitative estimate of drug-likeness (QED) is 0.210. The Morgan fingerprint density at radius 2 is 1.87 bits per heavy atom. The Balaban J connectivity index is 0.000000374. The number of aliphatic imine (C=N–C) groups is 1. The highest BCUT2D eigenvalue weighted by molar-refractivity contribution is 7.87. The van der Waals surface area contributed by atoms with Gasteiger partial charge in [-0.3, -0.25) is 4.21 Å². The minimum Gasteiger partial charge on any atom is -0.396 e. The Labute approximate surface area is 239 Å². The van der Waals surface area contributed by atoms with Crippen LogP contribution in [0.2, 0.25) is 0 Å². The molecule has 39 heavy (non-hydrogen) atoms. The van der Waals surface area contributed by atoms with Crippen LogP contribution in [0.3, 0.4) is 0 Å². The second-order valence-corrected chi connectivity index (χ2v) is 11.0. The number of fused-ring (bicyclic) bond motifs is 1. The number of thiazole rings is 1. The summed E-state index contributed by atoms with van der Waals surface area (Å²) < 4.78 is 15.4. The topological polar surface area (TPSA) is 99.0 Å². The van der Waals surface area contributed by atoms with Crippen molar-refractivity contribution in [2.75, 3.05) is 18.5 Å². The normalized spacial score (nSPS) is 9.92. The lowest BCUT2D eigenvalue weighted by atomic mass is 10.1. The Hall–Kier alpha value is -4.23. The van der Waals surface area contributed by atoms with Crippen molar-refractivity contribution in [3.05, 3.63) is 84.2 Å². The molecule has 7 nitrogen and oxygen atoms in total. The van der Waals surface area contributed by atoms with Crippen molar-refractivity contribution >= 4 is 55.2 Å². The number of nitrogens with zero attached hydrogens (tertiary/aromatic N) is 5. The SMILES string of the molecule is C=C=C=C=C=C=C.C=C=C=NC.CCCCS(=O)c1sc2nc(-c3nccs3)cc(-c3nccn3C)c2c1N. The van der Waals surface area contributed by atoms with Crippen LogP contribution in [-0.2, 0) is 17.8 Å². The second-order valence-electron chi connectivity index (χ2n) is 7.38. The summed E-state index contributed by atoms with van der Waals surface area (Å²) in [6.45, 7) is 11.8. The molecule has 0 saturated carbocycles. The highest BCUT2D eigenvalue weighted by atomic mass is 32.2. The lowest BCUT2D eigenvalue weighted by molar-refractivity contribution is 0.681. The van der Waals surface area contributed by atoms with Crippen LogP contribution < -0.4 is 5.73 Å². The van der Waals surface area contributed by atoms with Gasteiger partial charge in [0.25, 0.3) is 0 Å². The van der Waals surface area contributed by atoms with Crippen molar-refractivity contribution in [3.8, 4) is 22.1 Å². The molecule has 0 aliphatic rings. The van der Waals surface area contributed by atoms with Gasteiger partial charge in [0.1, 0.15) is 25.6 Å². The predicted octanol–water partition coefficient (Wildman–Crippen LogP) is 6.51. The molecular weight excluding hydrogens is 545 g/mol. The molecule has 0 aliphatic heterocycles. The van der Waals surface area contributed by atoms with E-state index in [-0.39, 0.29) is 0 Å². The third kappa shape index (κ3) is 8.65. The van der Waals surface area contributed by atoms with Crippen LogP contribution in [0.15, 0.2) is 93.4 Å². The van der Waals surface area contributed by atoms with E-state index >= 15 is 0 Å². The smallest absolute Gasteiger partial charge is 0.141 e. The van der Waals surface area contributed by atoms with Gasteiger partial charge in [0.05, 0.1) is 16.5 Å². The molecule has 10 heteroatoms. The Bertz CT molecular complexity index is 1680. The first kappa shape index (κ1) is 31.0. The zero-order chi connectivity index (χ0) is 28.6. The van der Waals surface area contributed by atoms with Crippen LogP contribution in [0.4, 0.5) is 5.69 Å². The van der Waals surface area contributed by atoms with Crippen molar-refractivity contribution in [1.29, 1.82) is 0 Å². The van der Waals surface area contributed by atoms with Crippen LogP contribution in [0.5, 0.6) is 0 Å². The van der Waals surface area contributed by atoms with Crippen molar-refractivity contribution < 1.29 is 4.21 Å². The molecular formula is C29H28N6OS3. The molecule has 4 aromatic heterocycles. The molecule has 1 atom stereocenters. The highest BCUT2D eigenvalue weighted by Crippen LogP contribution is 2.42. The number of nitrogens with two attached hydrogens (primary N) is 1. The summed E-state index contributed by atoms with van der Waals surface area (Å²) >= 11 is 2.95. The van der Waals surface area contributed by atoms with Gasteiger partial charge in [0, 0.05) is 60.6 Å². The third-order valence-corrected chi connectivity index (χ3v) is 8.55. The van der Waals surface area contributed by atoms with E-state index in [1.807, 2.05) is 29.3 Å². The first-order valence-electron chi connectivity index (χ1n) is 11.6. The molecule has 2 N–H and O–H groups in total. The fourth-order valence-electron chi connectivity index (χ4n) is 3.10. The zero-order valence-electron chi connectivity index (χ0n) is 22.1. The highest BCUT2D eigenvalue weighted by Gasteiger charge is 2.22. The third-order valence-electron chi connectivity index (χ3n) is 4.76. The number of pyridine rings is 1. The summed E-state index contributed by atoms with van der Waals surface area (Å²) in [5.74, 6) is 3.79. The monoisotopic (exact) mass is 572 g/mol. The molecule has 4 aromatic rings. The van der Waals surface area contributed by atoms with Crippen LogP contribution >= 0.6 is 22.7 Å². The van der Waals surface area contributed by atoms with Crippen molar-refractivity contribution in [2.45, 2.75) is 24.0 Å². The summed E-state index contributed by atoms with van der Waals surface area (Å²) in [6, 6.07) is 1.98. The molecule has 198 valence electrons. The number of unbranched alkanes of at least 4 members (excludes halogenated alkanes) is 1. The maximum absolute atomic E-state index is 12.8. The van der Waals surface area contributed by atoms with E-state index in [4.69, 9.17) is 10.7 Å². The predicted molar refractivity (Wildman–Crippen MR) is 165 cm³/mol. The Kier molecular flexibility index (Phi) is 13.2. The summed E-state index contributed by atoms with van der Waals surface area (Å²) in [6.07, 6.45) is 7.33. The molecule has 1 unspecified atom stereocenters. The molecule has 0 fully saturated rings. The standard InChI is InChI=1S/C18H19N5OS3.C7H4.C4H5N/c1-3-4-9-27(24)18-14(19)13-11(15-20-5-7-23(15)2)10-12(22-17(13)26-18)16-21-6-8-25-16;1-3-5-7-6-4-2;1-3-4-5-2/h5-8,10H,3-4,9,19H2,1-2H3;1-2H2;1H2,2H3. The number of anilines is 1. The largest absolute Gasteiger partial charge is 0.396 e. The van der Waals surface area contributed by atoms with E-state index in [9.17, 15) is 4.21 Å². The van der Waals surface area contributed by atoms with Gasteiger partial charge in [-0.05, 0) is 49.4 Å². The van der Waals surface area contributed by atoms with Gasteiger partial charge in [0.2, 0.25) is 0 Å². The van der Waals surface area contributed by atoms with Gasteiger partial charge < -0.3 is 10.3 Å². The minimum absolute atomic E-state index is 0.556. The molecule has 4 rings (SSSR count). The van der Waals surface area contributed by atoms with Crippen LogP contribution in [-0.4, -0.2) is 42.4 Å². The van der Waals surface area contributed by atoms with Gasteiger partial charge in [-0.15, -0.1) is 22.7 Å². The molecule has 0 spiro atoms. The van der Waals surface area contributed by atoms with Crippen molar-refractivity contribution in [1.82, 2.24) is 19.5 Å². The van der Waals surface area contributed by atoms with E-state index in [0.717, 1.165) is 45.1 Å². The molecule has 0 aromatic carbocycles. The van der Waals surface area contributed by atoms with E-state index in [1.54, 1.807) is 19.4 Å². The second kappa shape index (κ2) is 16.6. The van der Waals surface area contributed by atoms with E-state index in [0.29, 0.717) is 15.6 Å². The Morgan fingerprint density at radius 1 is 1.13 bits per heavy atom. The summed E-state index contributed by atoms with van der Waals surface area (Å²) in [5, 5.41) is 3.60. The van der Waals surface area contributed by atoms with Gasteiger partial charge in [-0.25, -0.2) is 19.9 Å². The summed E-state index contributed by atoms with van der Waals surface area (Å²) in [7, 11) is 2.45. The average Bonchev–Trinajstić information content (AvgIpc) is 3.69. The van der Waals surface area contributed by atoms with Gasteiger partial charge in [-0.2, -0.15) is 0 Å². The molecule has 0 amide bonds. The number of thiophene rings is 1. The van der Waals surface area contributed by atoms with Gasteiger partial charge in [0.15, 0.2) is 0 Å². The van der Waals surface area contributed by atoms with Crippen molar-refractivity contribution in [3.63, 3.8) is 0 Å². The molecule has 0 bridgehead atoms. The fourth-order valence-corrected chi connectivity index (χ4v) is 6.49. The van der Waals surface area contributed by atoms with Crippen molar-refractivity contribution in [2.24, 2.45) is 12.0 Å². The summed E-state index contributed by atoms with van der Waals surface area (Å²) in [4.78, 5) is 17.9. The zero-order valence-corrected chi connectivity index (χ0v) is 24.5. The van der Waals surface area contributed by atoms with E-state index < -0.39 is 10.8 Å². The first-order valence-corrected chi connectivity index (χ1v) is 14.6. The first-order chi connectivity index (χ1) is 18.9. The lowest BCUT2D eigenvalue weighted by Crippen LogP contribution is -1.99. The fraction of sp³-hybridized carbons (Fsp3) is 0.207. The Morgan fingerprint density at radius 3 is 2.38 bits per heavy atom. The average molecular weight is 573 g/mol. The maximum atomic E-state index is 12.8. The molecule has 0 radical (unpaired) electrons. The van der Waals surface area contributed by atoms with Gasteiger partial charge in [-0.1, -0.05) is 30.5 Å². The number of hydrogen-bond acceptors (Lipinski definition) is 8. The van der Waals surface area contributed by atoms with Crippen LogP contribution in [0, 0.1) is 0 Å². The van der Waals surface area contributed by atoms with Gasteiger partial charge >= 0.3 is 0 Å². The number of hydrogen-bond donors (Lipinski definition) is 1. The van der Waals surface area contributed by atoms with Crippen LogP contribution in [0.1, 0.15) is 19.8 Å². The number of nitrogen functional groups attached to an aromatic ring is 1.